The molecule has 4 rings (SSSR count). The standard InChI is InChI=1S/C21H18N2O4/c1-3-14-4-9-18-16(11-20(24)26-19(18)10-14)12-25-17-7-5-15(6-8-17)21-22-13(2)27-23-21/h4-11H,3,12H2,1-2H3. The number of nitrogens with zero attached hydrogens (tertiary/aromatic N) is 2. The van der Waals surface area contributed by atoms with Gasteiger partial charge in [0.1, 0.15) is 17.9 Å². The number of rotatable bonds is 5. The molecule has 4 aromatic rings. The summed E-state index contributed by atoms with van der Waals surface area (Å²) in [7, 11) is 0. The summed E-state index contributed by atoms with van der Waals surface area (Å²) >= 11 is 0. The summed E-state index contributed by atoms with van der Waals surface area (Å²) in [5.74, 6) is 1.74. The molecule has 27 heavy (non-hydrogen) atoms. The van der Waals surface area contributed by atoms with Crippen molar-refractivity contribution in [1.29, 1.82) is 0 Å². The number of hydrogen-bond donors (Lipinski definition) is 0. The molecule has 0 amide bonds. The van der Waals surface area contributed by atoms with Gasteiger partial charge >= 0.3 is 5.63 Å². The third-order valence-corrected chi connectivity index (χ3v) is 4.34. The van der Waals surface area contributed by atoms with Crippen molar-refractivity contribution >= 4 is 11.0 Å². The largest absolute Gasteiger partial charge is 0.489 e. The molecule has 0 atom stereocenters. The summed E-state index contributed by atoms with van der Waals surface area (Å²) < 4.78 is 16.2. The Bertz CT molecular complexity index is 1140. The zero-order valence-corrected chi connectivity index (χ0v) is 15.1. The molecule has 0 aliphatic heterocycles. The van der Waals surface area contributed by atoms with E-state index in [1.54, 1.807) is 6.92 Å². The van der Waals surface area contributed by atoms with Gasteiger partial charge in [-0.1, -0.05) is 24.2 Å². The highest BCUT2D eigenvalue weighted by atomic mass is 16.5. The molecule has 2 aromatic carbocycles. The third-order valence-electron chi connectivity index (χ3n) is 4.34. The molecule has 0 bridgehead atoms. The fourth-order valence-corrected chi connectivity index (χ4v) is 2.89. The predicted octanol–water partition coefficient (Wildman–Crippen LogP) is 4.29. The van der Waals surface area contributed by atoms with E-state index in [-0.39, 0.29) is 12.2 Å². The highest BCUT2D eigenvalue weighted by molar-refractivity contribution is 5.80. The Morgan fingerprint density at radius 2 is 1.89 bits per heavy atom. The van der Waals surface area contributed by atoms with E-state index in [1.807, 2.05) is 42.5 Å². The van der Waals surface area contributed by atoms with Crippen LogP contribution in [0.4, 0.5) is 0 Å². The maximum absolute atomic E-state index is 11.9. The molecule has 0 spiro atoms. The Labute approximate surface area is 155 Å². The summed E-state index contributed by atoms with van der Waals surface area (Å²) in [6.07, 6.45) is 0.882. The second-order valence-electron chi connectivity index (χ2n) is 6.22. The normalized spacial score (nSPS) is 11.0. The first kappa shape index (κ1) is 17.0. The minimum Gasteiger partial charge on any atom is -0.489 e. The topological polar surface area (TPSA) is 78.4 Å². The number of aromatic nitrogens is 2. The maximum atomic E-state index is 11.9. The molecule has 0 N–H and O–H groups in total. The van der Waals surface area contributed by atoms with Crippen LogP contribution in [-0.2, 0) is 13.0 Å². The van der Waals surface area contributed by atoms with Crippen LogP contribution >= 0.6 is 0 Å². The van der Waals surface area contributed by atoms with Gasteiger partial charge in [-0.15, -0.1) is 0 Å². The van der Waals surface area contributed by atoms with Crippen LogP contribution < -0.4 is 10.4 Å². The summed E-state index contributed by atoms with van der Waals surface area (Å²) in [5.41, 5.74) is 2.97. The second kappa shape index (κ2) is 7.07. The SMILES string of the molecule is CCc1ccc2c(COc3ccc(-c4noc(C)n4)cc3)cc(=O)oc2c1. The van der Waals surface area contributed by atoms with Gasteiger partial charge in [-0.05, 0) is 42.3 Å². The molecule has 136 valence electrons. The molecule has 0 aliphatic carbocycles. The van der Waals surface area contributed by atoms with Gasteiger partial charge in [0.25, 0.3) is 0 Å². The fraction of sp³-hybridized carbons (Fsp3) is 0.190. The van der Waals surface area contributed by atoms with Gasteiger partial charge in [0.05, 0.1) is 0 Å². The number of benzene rings is 2. The Balaban J connectivity index is 1.55. The van der Waals surface area contributed by atoms with Crippen molar-refractivity contribution in [2.45, 2.75) is 26.9 Å². The zero-order valence-electron chi connectivity index (χ0n) is 15.1. The molecule has 0 saturated heterocycles. The Morgan fingerprint density at radius 1 is 1.07 bits per heavy atom. The highest BCUT2D eigenvalue weighted by Crippen LogP contribution is 2.23. The number of ether oxygens (including phenoxy) is 1. The maximum Gasteiger partial charge on any atom is 0.336 e. The zero-order chi connectivity index (χ0) is 18.8. The van der Waals surface area contributed by atoms with Crippen LogP contribution in [0.2, 0.25) is 0 Å². The quantitative estimate of drug-likeness (QED) is 0.493. The average Bonchev–Trinajstić information content (AvgIpc) is 3.12. The highest BCUT2D eigenvalue weighted by Gasteiger charge is 2.09. The van der Waals surface area contributed by atoms with E-state index >= 15 is 0 Å². The molecular weight excluding hydrogens is 344 g/mol. The van der Waals surface area contributed by atoms with Crippen molar-refractivity contribution in [3.8, 4) is 17.1 Å². The molecule has 6 nitrogen and oxygen atoms in total. The van der Waals surface area contributed by atoms with Crippen LogP contribution in [0.5, 0.6) is 5.75 Å². The van der Waals surface area contributed by atoms with Crippen LogP contribution in [0.15, 0.2) is 62.3 Å². The van der Waals surface area contributed by atoms with Crippen LogP contribution in [0.1, 0.15) is 23.9 Å². The lowest BCUT2D eigenvalue weighted by Crippen LogP contribution is -2.04. The molecule has 0 radical (unpaired) electrons. The minimum atomic E-state index is -0.378. The minimum absolute atomic E-state index is 0.272. The van der Waals surface area contributed by atoms with Gasteiger partial charge < -0.3 is 13.7 Å². The van der Waals surface area contributed by atoms with Crippen molar-refractivity contribution in [3.05, 3.63) is 76.0 Å². The fourth-order valence-electron chi connectivity index (χ4n) is 2.89. The summed E-state index contributed by atoms with van der Waals surface area (Å²) in [4.78, 5) is 16.1. The average molecular weight is 362 g/mol. The molecule has 6 heteroatoms. The van der Waals surface area contributed by atoms with Crippen molar-refractivity contribution < 1.29 is 13.7 Å². The van der Waals surface area contributed by atoms with E-state index in [9.17, 15) is 4.79 Å². The van der Waals surface area contributed by atoms with Crippen molar-refractivity contribution in [1.82, 2.24) is 10.1 Å². The van der Waals surface area contributed by atoms with Crippen molar-refractivity contribution in [2.75, 3.05) is 0 Å². The lowest BCUT2D eigenvalue weighted by atomic mass is 10.1. The molecule has 0 fully saturated rings. The van der Waals surface area contributed by atoms with Crippen LogP contribution in [0, 0.1) is 6.92 Å². The first-order valence-electron chi connectivity index (χ1n) is 8.71. The van der Waals surface area contributed by atoms with Crippen LogP contribution in [0.3, 0.4) is 0 Å². The third kappa shape index (κ3) is 3.60. The molecular formula is C21H18N2O4. The Hall–Kier alpha value is -3.41. The van der Waals surface area contributed by atoms with Gasteiger partial charge in [0.2, 0.25) is 11.7 Å². The smallest absolute Gasteiger partial charge is 0.336 e. The van der Waals surface area contributed by atoms with E-state index in [0.29, 0.717) is 23.0 Å². The summed E-state index contributed by atoms with van der Waals surface area (Å²) in [5, 5.41) is 4.78. The monoisotopic (exact) mass is 362 g/mol. The van der Waals surface area contributed by atoms with Crippen molar-refractivity contribution in [3.63, 3.8) is 0 Å². The Kier molecular flexibility index (Phi) is 4.46. The van der Waals surface area contributed by atoms with E-state index in [0.717, 1.165) is 28.5 Å². The first-order chi connectivity index (χ1) is 13.1. The van der Waals surface area contributed by atoms with Crippen molar-refractivity contribution in [2.24, 2.45) is 0 Å². The van der Waals surface area contributed by atoms with Gasteiger partial charge in [-0.2, -0.15) is 4.98 Å². The predicted molar refractivity (Wildman–Crippen MR) is 101 cm³/mol. The summed E-state index contributed by atoms with van der Waals surface area (Å²) in [6, 6.07) is 14.8. The van der Waals surface area contributed by atoms with Crippen LogP contribution in [0.25, 0.3) is 22.4 Å². The van der Waals surface area contributed by atoms with E-state index in [4.69, 9.17) is 13.7 Å². The lowest BCUT2D eigenvalue weighted by Gasteiger charge is -2.09. The van der Waals surface area contributed by atoms with Gasteiger partial charge in [0, 0.05) is 29.5 Å². The van der Waals surface area contributed by atoms with Gasteiger partial charge in [-0.3, -0.25) is 0 Å². The van der Waals surface area contributed by atoms with E-state index in [2.05, 4.69) is 17.1 Å². The lowest BCUT2D eigenvalue weighted by molar-refractivity contribution is 0.306. The second-order valence-corrected chi connectivity index (χ2v) is 6.22. The number of fused-ring (bicyclic) bond motifs is 1. The molecule has 0 aliphatic rings. The number of hydrogen-bond acceptors (Lipinski definition) is 6. The molecule has 0 saturated carbocycles. The molecule has 2 heterocycles. The van der Waals surface area contributed by atoms with Crippen LogP contribution in [-0.4, -0.2) is 10.1 Å². The van der Waals surface area contributed by atoms with E-state index < -0.39 is 0 Å². The number of aryl methyl sites for hydroxylation is 2. The summed E-state index contributed by atoms with van der Waals surface area (Å²) in [6.45, 7) is 4.08. The Morgan fingerprint density at radius 3 is 2.59 bits per heavy atom. The van der Waals surface area contributed by atoms with E-state index in [1.165, 1.54) is 6.07 Å². The van der Waals surface area contributed by atoms with Gasteiger partial charge in [0.15, 0.2) is 0 Å². The molecule has 2 aromatic heterocycles. The molecule has 0 unspecified atom stereocenters. The van der Waals surface area contributed by atoms with Gasteiger partial charge in [-0.25, -0.2) is 4.79 Å². The first-order valence-corrected chi connectivity index (χ1v) is 8.71.